The minimum atomic E-state index is -3.64. The number of benzene rings is 2. The van der Waals surface area contributed by atoms with Crippen LogP contribution in [0.25, 0.3) is 0 Å². The molecule has 25 heavy (non-hydrogen) atoms. The zero-order valence-electron chi connectivity index (χ0n) is 14.4. The first kappa shape index (κ1) is 17.6. The van der Waals surface area contributed by atoms with E-state index in [1.165, 1.54) is 0 Å². The van der Waals surface area contributed by atoms with Gasteiger partial charge < -0.3 is 4.90 Å². The maximum absolute atomic E-state index is 12.7. The molecule has 1 N–H and O–H groups in total. The lowest BCUT2D eigenvalue weighted by atomic mass is 10.1. The van der Waals surface area contributed by atoms with E-state index < -0.39 is 10.0 Å². The molecule has 1 fully saturated rings. The Morgan fingerprint density at radius 1 is 1.12 bits per heavy atom. The number of nitrogens with zero attached hydrogens (tertiary/aromatic N) is 1. The first-order chi connectivity index (χ1) is 11.9. The molecule has 2 aromatic carbocycles. The SMILES string of the molecule is Cc1cc(S(=O)(=O)N[C@@H](C)c2ccccc2)ccc1N1CCCC1=O. The van der Waals surface area contributed by atoms with Gasteiger partial charge >= 0.3 is 0 Å². The molecule has 0 unspecified atom stereocenters. The number of carbonyl (C=O) groups is 1. The fourth-order valence-electron chi connectivity index (χ4n) is 3.11. The summed E-state index contributed by atoms with van der Waals surface area (Å²) in [6.45, 7) is 4.34. The van der Waals surface area contributed by atoms with E-state index in [4.69, 9.17) is 0 Å². The first-order valence-electron chi connectivity index (χ1n) is 8.37. The quantitative estimate of drug-likeness (QED) is 0.893. The maximum atomic E-state index is 12.7. The molecule has 0 radical (unpaired) electrons. The van der Waals surface area contributed by atoms with Gasteiger partial charge in [-0.25, -0.2) is 13.1 Å². The van der Waals surface area contributed by atoms with Crippen LogP contribution in [0.3, 0.4) is 0 Å². The summed E-state index contributed by atoms with van der Waals surface area (Å²) in [6, 6.07) is 14.0. The van der Waals surface area contributed by atoms with Gasteiger partial charge in [0.1, 0.15) is 0 Å². The number of sulfonamides is 1. The number of rotatable bonds is 5. The zero-order valence-corrected chi connectivity index (χ0v) is 15.2. The molecule has 0 aliphatic carbocycles. The molecule has 3 rings (SSSR count). The van der Waals surface area contributed by atoms with Crippen LogP contribution in [0.2, 0.25) is 0 Å². The van der Waals surface area contributed by atoms with Crippen LogP contribution in [0.15, 0.2) is 53.4 Å². The molecule has 1 heterocycles. The molecule has 0 bridgehead atoms. The van der Waals surface area contributed by atoms with Gasteiger partial charge in [0.05, 0.1) is 4.90 Å². The Morgan fingerprint density at radius 3 is 2.44 bits per heavy atom. The third-order valence-corrected chi connectivity index (χ3v) is 6.01. The highest BCUT2D eigenvalue weighted by atomic mass is 32.2. The fourth-order valence-corrected chi connectivity index (χ4v) is 4.43. The summed E-state index contributed by atoms with van der Waals surface area (Å²) in [6.07, 6.45) is 1.39. The average Bonchev–Trinajstić information content (AvgIpc) is 3.01. The van der Waals surface area contributed by atoms with Crippen LogP contribution in [-0.2, 0) is 14.8 Å². The Morgan fingerprint density at radius 2 is 1.84 bits per heavy atom. The molecule has 1 saturated heterocycles. The Kier molecular flexibility index (Phi) is 4.92. The summed E-state index contributed by atoms with van der Waals surface area (Å²) in [5.41, 5.74) is 2.48. The first-order valence-corrected chi connectivity index (χ1v) is 9.85. The van der Waals surface area contributed by atoms with Crippen LogP contribution in [-0.4, -0.2) is 20.9 Å². The Balaban J connectivity index is 1.83. The Bertz CT molecular complexity index is 879. The van der Waals surface area contributed by atoms with E-state index in [0.717, 1.165) is 23.2 Å². The van der Waals surface area contributed by atoms with E-state index >= 15 is 0 Å². The van der Waals surface area contributed by atoms with E-state index in [2.05, 4.69) is 4.72 Å². The molecular weight excluding hydrogens is 336 g/mol. The predicted molar refractivity (Wildman–Crippen MR) is 97.9 cm³/mol. The summed E-state index contributed by atoms with van der Waals surface area (Å²) in [4.78, 5) is 13.8. The average molecular weight is 358 g/mol. The summed E-state index contributed by atoms with van der Waals surface area (Å²) in [5, 5.41) is 0. The second kappa shape index (κ2) is 6.98. The lowest BCUT2D eigenvalue weighted by Crippen LogP contribution is -2.27. The lowest BCUT2D eigenvalue weighted by Gasteiger charge is -2.20. The molecule has 2 aromatic rings. The number of carbonyl (C=O) groups excluding carboxylic acids is 1. The molecular formula is C19H22N2O3S. The van der Waals surface area contributed by atoms with E-state index in [1.807, 2.05) is 44.2 Å². The van der Waals surface area contributed by atoms with Gasteiger partial charge in [-0.15, -0.1) is 0 Å². The van der Waals surface area contributed by atoms with Crippen molar-refractivity contribution >= 4 is 21.6 Å². The van der Waals surface area contributed by atoms with Crippen LogP contribution in [0.4, 0.5) is 5.69 Å². The summed E-state index contributed by atoms with van der Waals surface area (Å²) >= 11 is 0. The van der Waals surface area contributed by atoms with Gasteiger partial charge in [-0.05, 0) is 49.6 Å². The highest BCUT2D eigenvalue weighted by Crippen LogP contribution is 2.27. The second-order valence-corrected chi connectivity index (χ2v) is 8.06. The van der Waals surface area contributed by atoms with Crippen molar-refractivity contribution in [1.29, 1.82) is 0 Å². The topological polar surface area (TPSA) is 66.5 Å². The molecule has 1 aliphatic rings. The van der Waals surface area contributed by atoms with Crippen LogP contribution in [0.1, 0.15) is 36.9 Å². The number of aryl methyl sites for hydroxylation is 1. The van der Waals surface area contributed by atoms with Crippen molar-refractivity contribution < 1.29 is 13.2 Å². The molecule has 1 atom stereocenters. The van der Waals surface area contributed by atoms with Gasteiger partial charge in [0, 0.05) is 24.7 Å². The highest BCUT2D eigenvalue weighted by Gasteiger charge is 2.25. The molecule has 1 amide bonds. The zero-order chi connectivity index (χ0) is 18.0. The van der Waals surface area contributed by atoms with E-state index in [1.54, 1.807) is 23.1 Å². The third kappa shape index (κ3) is 3.75. The monoisotopic (exact) mass is 358 g/mol. The number of nitrogens with one attached hydrogen (secondary N) is 1. The fraction of sp³-hybridized carbons (Fsp3) is 0.316. The van der Waals surface area contributed by atoms with Crippen LogP contribution in [0.5, 0.6) is 0 Å². The van der Waals surface area contributed by atoms with Crippen molar-refractivity contribution in [2.75, 3.05) is 11.4 Å². The smallest absolute Gasteiger partial charge is 0.241 e. The number of hydrogen-bond donors (Lipinski definition) is 1. The van der Waals surface area contributed by atoms with E-state index in [9.17, 15) is 13.2 Å². The standard InChI is InChI=1S/C19H22N2O3S/c1-14-13-17(10-11-18(14)21-12-6-9-19(21)22)25(23,24)20-15(2)16-7-4-3-5-8-16/h3-5,7-8,10-11,13,15,20H,6,9,12H2,1-2H3/t15-/m0/s1. The van der Waals surface area contributed by atoms with Gasteiger partial charge in [0.25, 0.3) is 0 Å². The number of amides is 1. The summed E-state index contributed by atoms with van der Waals surface area (Å²) in [5.74, 6) is 0.0922. The van der Waals surface area contributed by atoms with E-state index in [-0.39, 0.29) is 16.8 Å². The van der Waals surface area contributed by atoms with Gasteiger partial charge in [-0.3, -0.25) is 4.79 Å². The van der Waals surface area contributed by atoms with Gasteiger partial charge in [0.15, 0.2) is 0 Å². The maximum Gasteiger partial charge on any atom is 0.241 e. The van der Waals surface area contributed by atoms with Gasteiger partial charge in [-0.1, -0.05) is 30.3 Å². The highest BCUT2D eigenvalue weighted by molar-refractivity contribution is 7.89. The predicted octanol–water partition coefficient (Wildman–Crippen LogP) is 3.16. The number of anilines is 1. The van der Waals surface area contributed by atoms with Crippen LogP contribution >= 0.6 is 0 Å². The molecule has 1 aliphatic heterocycles. The van der Waals surface area contributed by atoms with Crippen LogP contribution in [0, 0.1) is 6.92 Å². The Hall–Kier alpha value is -2.18. The van der Waals surface area contributed by atoms with Gasteiger partial charge in [-0.2, -0.15) is 0 Å². The molecule has 0 aromatic heterocycles. The Labute approximate surface area is 148 Å². The summed E-state index contributed by atoms with van der Waals surface area (Å²) < 4.78 is 28.1. The van der Waals surface area contributed by atoms with Crippen LogP contribution < -0.4 is 9.62 Å². The molecule has 132 valence electrons. The normalized spacial score (nSPS) is 16.2. The minimum absolute atomic E-state index is 0.0922. The van der Waals surface area contributed by atoms with Crippen molar-refractivity contribution in [3.63, 3.8) is 0 Å². The van der Waals surface area contributed by atoms with Crippen molar-refractivity contribution in [3.05, 3.63) is 59.7 Å². The number of hydrogen-bond acceptors (Lipinski definition) is 3. The molecule has 6 heteroatoms. The van der Waals surface area contributed by atoms with E-state index in [0.29, 0.717) is 13.0 Å². The second-order valence-electron chi connectivity index (χ2n) is 6.35. The summed E-state index contributed by atoms with van der Waals surface area (Å²) in [7, 11) is -3.64. The lowest BCUT2D eigenvalue weighted by molar-refractivity contribution is -0.117. The van der Waals surface area contributed by atoms with Gasteiger partial charge in [0.2, 0.25) is 15.9 Å². The molecule has 5 nitrogen and oxygen atoms in total. The van der Waals surface area contributed by atoms with Crippen molar-refractivity contribution in [1.82, 2.24) is 4.72 Å². The third-order valence-electron chi connectivity index (χ3n) is 4.47. The van der Waals surface area contributed by atoms with Crippen molar-refractivity contribution in [2.24, 2.45) is 0 Å². The molecule has 0 spiro atoms. The molecule has 0 saturated carbocycles. The van der Waals surface area contributed by atoms with Crippen molar-refractivity contribution in [3.8, 4) is 0 Å². The van der Waals surface area contributed by atoms with Crippen molar-refractivity contribution in [2.45, 2.75) is 37.6 Å². The largest absolute Gasteiger partial charge is 0.312 e. The minimum Gasteiger partial charge on any atom is -0.312 e.